The summed E-state index contributed by atoms with van der Waals surface area (Å²) in [6.45, 7) is 2.02. The number of allylic oxidation sites excluding steroid dienone is 3. The third-order valence-electron chi connectivity index (χ3n) is 0.792. The number of hydrogen-bond acceptors (Lipinski definition) is 1. The lowest BCUT2D eigenvalue weighted by molar-refractivity contribution is 1.09. The summed E-state index contributed by atoms with van der Waals surface area (Å²) in [5, 5.41) is 2.91. The first-order valence-corrected chi connectivity index (χ1v) is 2.85. The third kappa shape index (κ3) is 5.28. The summed E-state index contributed by atoms with van der Waals surface area (Å²) in [7, 11) is 1.90. The third-order valence-corrected chi connectivity index (χ3v) is 0.792. The zero-order valence-electron chi connectivity index (χ0n) is 5.52. The predicted molar refractivity (Wildman–Crippen MR) is 37.6 cm³/mol. The van der Waals surface area contributed by atoms with E-state index in [9.17, 15) is 0 Å². The van der Waals surface area contributed by atoms with Gasteiger partial charge in [-0.25, -0.2) is 0 Å². The van der Waals surface area contributed by atoms with Gasteiger partial charge in [0.15, 0.2) is 0 Å². The van der Waals surface area contributed by atoms with Crippen molar-refractivity contribution in [3.63, 3.8) is 0 Å². The highest BCUT2D eigenvalue weighted by atomic mass is 14.8. The summed E-state index contributed by atoms with van der Waals surface area (Å²) >= 11 is 0. The van der Waals surface area contributed by atoms with Gasteiger partial charge in [-0.2, -0.15) is 0 Å². The summed E-state index contributed by atoms with van der Waals surface area (Å²) in [5.41, 5.74) is 0. The smallest absolute Gasteiger partial charge is 0.00276 e. The average Bonchev–Trinajstić information content (AvgIpc) is 1.81. The Balaban J connectivity index is 3.03. The fraction of sp³-hybridized carbons (Fsp3) is 0.429. The second kappa shape index (κ2) is 6.28. The van der Waals surface area contributed by atoms with Gasteiger partial charge in [-0.3, -0.25) is 0 Å². The molecule has 1 N–H and O–H groups in total. The SMILES string of the molecule is CC=CCC=CNC. The number of hydrogen-bond donors (Lipinski definition) is 1. The minimum absolute atomic E-state index is 1.03. The fourth-order valence-corrected chi connectivity index (χ4v) is 0.401. The largest absolute Gasteiger partial charge is 0.394 e. The first kappa shape index (κ1) is 7.28. The maximum atomic E-state index is 2.91. The van der Waals surface area contributed by atoms with E-state index in [1.807, 2.05) is 26.2 Å². The predicted octanol–water partition coefficient (Wildman–Crippen LogP) is 1.69. The van der Waals surface area contributed by atoms with E-state index in [0.717, 1.165) is 6.42 Å². The van der Waals surface area contributed by atoms with Crippen LogP contribution in [0, 0.1) is 0 Å². The van der Waals surface area contributed by atoms with Gasteiger partial charge >= 0.3 is 0 Å². The lowest BCUT2D eigenvalue weighted by Gasteiger charge is -1.81. The first-order valence-electron chi connectivity index (χ1n) is 2.85. The maximum Gasteiger partial charge on any atom is 0.00276 e. The monoisotopic (exact) mass is 111 g/mol. The molecule has 8 heavy (non-hydrogen) atoms. The molecule has 0 rings (SSSR count). The van der Waals surface area contributed by atoms with Gasteiger partial charge in [-0.15, -0.1) is 0 Å². The molecule has 1 nitrogen and oxygen atoms in total. The zero-order valence-corrected chi connectivity index (χ0v) is 5.52. The molecule has 0 bridgehead atoms. The van der Waals surface area contributed by atoms with E-state index in [4.69, 9.17) is 0 Å². The Morgan fingerprint density at radius 3 is 2.62 bits per heavy atom. The highest BCUT2D eigenvalue weighted by Gasteiger charge is 1.64. The maximum absolute atomic E-state index is 2.91. The molecule has 0 aliphatic carbocycles. The first-order chi connectivity index (χ1) is 3.91. The van der Waals surface area contributed by atoms with Gasteiger partial charge in [0.1, 0.15) is 0 Å². The zero-order chi connectivity index (χ0) is 6.24. The van der Waals surface area contributed by atoms with Crippen LogP contribution in [0.1, 0.15) is 13.3 Å². The average molecular weight is 111 g/mol. The summed E-state index contributed by atoms with van der Waals surface area (Å²) in [5.74, 6) is 0. The summed E-state index contributed by atoms with van der Waals surface area (Å²) in [6, 6.07) is 0. The van der Waals surface area contributed by atoms with Crippen LogP contribution in [0.4, 0.5) is 0 Å². The Hall–Kier alpha value is -0.720. The van der Waals surface area contributed by atoms with Crippen LogP contribution in [0.3, 0.4) is 0 Å². The van der Waals surface area contributed by atoms with Crippen molar-refractivity contribution in [1.29, 1.82) is 0 Å². The van der Waals surface area contributed by atoms with Crippen molar-refractivity contribution in [3.8, 4) is 0 Å². The van der Waals surface area contributed by atoms with Crippen molar-refractivity contribution in [3.05, 3.63) is 24.4 Å². The number of nitrogens with one attached hydrogen (secondary N) is 1. The molecular weight excluding hydrogens is 98.1 g/mol. The van der Waals surface area contributed by atoms with E-state index >= 15 is 0 Å². The van der Waals surface area contributed by atoms with Crippen molar-refractivity contribution in [1.82, 2.24) is 5.32 Å². The Morgan fingerprint density at radius 1 is 1.38 bits per heavy atom. The lowest BCUT2D eigenvalue weighted by atomic mass is 10.4. The molecule has 0 amide bonds. The molecule has 0 radical (unpaired) electrons. The fourth-order valence-electron chi connectivity index (χ4n) is 0.401. The topological polar surface area (TPSA) is 12.0 Å². The molecule has 0 aromatic heterocycles. The lowest BCUT2D eigenvalue weighted by Crippen LogP contribution is -1.89. The quantitative estimate of drug-likeness (QED) is 0.546. The summed E-state index contributed by atoms with van der Waals surface area (Å²) < 4.78 is 0. The van der Waals surface area contributed by atoms with Crippen LogP contribution in [0.15, 0.2) is 24.4 Å². The molecule has 0 aromatic rings. The molecule has 0 atom stereocenters. The summed E-state index contributed by atoms with van der Waals surface area (Å²) in [4.78, 5) is 0. The van der Waals surface area contributed by atoms with E-state index in [2.05, 4.69) is 17.5 Å². The van der Waals surface area contributed by atoms with Gasteiger partial charge in [0, 0.05) is 7.05 Å². The normalized spacial score (nSPS) is 11.2. The van der Waals surface area contributed by atoms with E-state index in [1.54, 1.807) is 0 Å². The van der Waals surface area contributed by atoms with Crippen LogP contribution in [-0.2, 0) is 0 Å². The molecule has 0 saturated heterocycles. The van der Waals surface area contributed by atoms with Gasteiger partial charge in [0.05, 0.1) is 0 Å². The van der Waals surface area contributed by atoms with Crippen LogP contribution < -0.4 is 5.32 Å². The van der Waals surface area contributed by atoms with Gasteiger partial charge < -0.3 is 5.32 Å². The Bertz CT molecular complexity index is 82.4. The molecular formula is C7H13N. The van der Waals surface area contributed by atoms with Crippen LogP contribution in [0.5, 0.6) is 0 Å². The molecule has 1 heteroatoms. The minimum atomic E-state index is 1.03. The molecule has 0 spiro atoms. The van der Waals surface area contributed by atoms with Gasteiger partial charge in [-0.1, -0.05) is 18.2 Å². The van der Waals surface area contributed by atoms with E-state index < -0.39 is 0 Å². The van der Waals surface area contributed by atoms with E-state index in [0.29, 0.717) is 0 Å². The van der Waals surface area contributed by atoms with E-state index in [1.165, 1.54) is 0 Å². The Labute approximate surface area is 51.1 Å². The molecule has 0 unspecified atom stereocenters. The molecule has 0 saturated carbocycles. The second-order valence-corrected chi connectivity index (χ2v) is 1.50. The van der Waals surface area contributed by atoms with Gasteiger partial charge in [0.25, 0.3) is 0 Å². The molecule has 0 aliphatic heterocycles. The van der Waals surface area contributed by atoms with Crippen molar-refractivity contribution >= 4 is 0 Å². The van der Waals surface area contributed by atoms with Crippen LogP contribution in [0.2, 0.25) is 0 Å². The van der Waals surface area contributed by atoms with Crippen molar-refractivity contribution in [2.24, 2.45) is 0 Å². The minimum Gasteiger partial charge on any atom is -0.394 e. The van der Waals surface area contributed by atoms with Crippen LogP contribution >= 0.6 is 0 Å². The Morgan fingerprint density at radius 2 is 2.12 bits per heavy atom. The van der Waals surface area contributed by atoms with E-state index in [-0.39, 0.29) is 0 Å². The Kier molecular flexibility index (Phi) is 5.71. The van der Waals surface area contributed by atoms with Gasteiger partial charge in [0.2, 0.25) is 0 Å². The highest BCUT2D eigenvalue weighted by molar-refractivity contribution is 4.89. The number of rotatable bonds is 3. The standard InChI is InChI=1S/C7H13N/c1-3-4-5-6-7-8-2/h3-4,6-8H,5H2,1-2H3. The molecule has 0 aromatic carbocycles. The summed E-state index contributed by atoms with van der Waals surface area (Å²) in [6.07, 6.45) is 9.17. The van der Waals surface area contributed by atoms with Crippen molar-refractivity contribution in [2.75, 3.05) is 7.05 Å². The van der Waals surface area contributed by atoms with Crippen molar-refractivity contribution in [2.45, 2.75) is 13.3 Å². The molecule has 0 aliphatic rings. The molecule has 0 heterocycles. The molecule has 0 fully saturated rings. The second-order valence-electron chi connectivity index (χ2n) is 1.50. The van der Waals surface area contributed by atoms with Crippen molar-refractivity contribution < 1.29 is 0 Å². The van der Waals surface area contributed by atoms with Crippen LogP contribution in [-0.4, -0.2) is 7.05 Å². The highest BCUT2D eigenvalue weighted by Crippen LogP contribution is 1.81. The van der Waals surface area contributed by atoms with Gasteiger partial charge in [-0.05, 0) is 19.5 Å². The van der Waals surface area contributed by atoms with Crippen LogP contribution in [0.25, 0.3) is 0 Å². The molecule has 46 valence electrons.